The van der Waals surface area contributed by atoms with Crippen LogP contribution >= 0.6 is 0 Å². The number of carbonyl (C=O) groups excluding carboxylic acids is 1. The van der Waals surface area contributed by atoms with E-state index in [0.717, 1.165) is 22.2 Å². The predicted octanol–water partition coefficient (Wildman–Crippen LogP) is 4.94. The molecule has 0 saturated heterocycles. The van der Waals surface area contributed by atoms with E-state index in [1.807, 2.05) is 33.8 Å². The van der Waals surface area contributed by atoms with Gasteiger partial charge in [0.05, 0.1) is 17.8 Å². The maximum atomic E-state index is 12.8. The molecule has 0 spiro atoms. The smallest absolute Gasteiger partial charge is 0.419 e. The van der Waals surface area contributed by atoms with E-state index in [2.05, 4.69) is 44.2 Å². The highest BCUT2D eigenvalue weighted by molar-refractivity contribution is 5.98. The molecule has 2 aromatic rings. The molecule has 135 valence electrons. The monoisotopic (exact) mass is 358 g/mol. The van der Waals surface area contributed by atoms with Crippen molar-refractivity contribution in [2.75, 3.05) is 0 Å². The molecule has 5 heteroatoms. The van der Waals surface area contributed by atoms with Gasteiger partial charge in [0.2, 0.25) is 10.5 Å². The van der Waals surface area contributed by atoms with E-state index in [0.29, 0.717) is 0 Å². The summed E-state index contributed by atoms with van der Waals surface area (Å²) >= 11 is 0. The van der Waals surface area contributed by atoms with Gasteiger partial charge in [-0.2, -0.15) is 0 Å². The fourth-order valence-electron chi connectivity index (χ4n) is 3.38. The Morgan fingerprint density at radius 2 is 1.68 bits per heavy atom. The number of aryl methyl sites for hydroxylation is 2. The molecule has 0 N–H and O–H groups in total. The average Bonchev–Trinajstić information content (AvgIpc) is 2.70. The predicted molar refractivity (Wildman–Crippen MR) is 102 cm³/mol. The molecule has 0 unspecified atom stereocenters. The summed E-state index contributed by atoms with van der Waals surface area (Å²) in [6.07, 6.45) is -0.382. The lowest BCUT2D eigenvalue weighted by Gasteiger charge is -2.23. The maximum absolute atomic E-state index is 12.8. The second kappa shape index (κ2) is 6.61. The minimum Gasteiger partial charge on any atom is -0.443 e. The van der Waals surface area contributed by atoms with Crippen molar-refractivity contribution in [3.63, 3.8) is 0 Å². The molecule has 1 heterocycles. The van der Waals surface area contributed by atoms with Gasteiger partial charge in [-0.3, -0.25) is 0 Å². The molecule has 4 nitrogen and oxygen atoms in total. The summed E-state index contributed by atoms with van der Waals surface area (Å²) in [6.45, 7) is 16.6. The lowest BCUT2D eigenvalue weighted by atomic mass is 9.82. The Labute approximate surface area is 154 Å². The molecular weight excluding hydrogens is 330 g/mol. The molecule has 1 aromatic heterocycles. The quantitative estimate of drug-likeness (QED) is 0.714. The zero-order valence-corrected chi connectivity index (χ0v) is 17.5. The lowest BCUT2D eigenvalue weighted by molar-refractivity contribution is 0.0535. The van der Waals surface area contributed by atoms with Gasteiger partial charge in [-0.05, 0) is 62.8 Å². The number of carbonyl (C=O) groups is 1. The van der Waals surface area contributed by atoms with Gasteiger partial charge in [-0.25, -0.2) is 9.36 Å². The van der Waals surface area contributed by atoms with Crippen molar-refractivity contribution in [1.29, 1.82) is 0 Å². The van der Waals surface area contributed by atoms with E-state index < -0.39 is 5.60 Å². The van der Waals surface area contributed by atoms with Crippen LogP contribution in [0.3, 0.4) is 0 Å². The van der Waals surface area contributed by atoms with Crippen LogP contribution in [0.15, 0.2) is 12.1 Å². The largest absolute Gasteiger partial charge is 0.443 e. The Balaban J connectivity index is 2.79. The van der Waals surface area contributed by atoms with Crippen molar-refractivity contribution in [2.24, 2.45) is 0 Å². The third-order valence-electron chi connectivity index (χ3n) is 4.35. The zero-order chi connectivity index (χ0) is 19.2. The molecule has 3 radical (unpaired) electrons. The second-order valence-corrected chi connectivity index (χ2v) is 8.85. The molecule has 2 rings (SSSR count). The van der Waals surface area contributed by atoms with E-state index in [4.69, 9.17) is 9.16 Å². The molecular formula is C20H28NO3Si. The molecule has 0 aliphatic rings. The third-order valence-corrected chi connectivity index (χ3v) is 4.50. The average molecular weight is 359 g/mol. The van der Waals surface area contributed by atoms with Crippen molar-refractivity contribution < 1.29 is 14.0 Å². The van der Waals surface area contributed by atoms with Gasteiger partial charge in [0.1, 0.15) is 5.60 Å². The van der Waals surface area contributed by atoms with Crippen molar-refractivity contribution in [1.82, 2.24) is 4.57 Å². The first-order valence-corrected chi connectivity index (χ1v) is 8.95. The molecule has 0 fully saturated rings. The van der Waals surface area contributed by atoms with Crippen LogP contribution in [-0.2, 0) is 21.2 Å². The SMILES string of the molecule is Cc1c(C(C)(C)C)ccc2c1c(C)c(CO[Si])n2C(=O)OC(C)(C)C. The molecule has 0 saturated carbocycles. The first kappa shape index (κ1) is 19.7. The van der Waals surface area contributed by atoms with Crippen molar-refractivity contribution in [2.45, 2.75) is 73.0 Å². The first-order valence-electron chi connectivity index (χ1n) is 8.54. The van der Waals surface area contributed by atoms with Crippen LogP contribution in [0.2, 0.25) is 0 Å². The Kier molecular flexibility index (Phi) is 5.22. The van der Waals surface area contributed by atoms with E-state index >= 15 is 0 Å². The summed E-state index contributed by atoms with van der Waals surface area (Å²) < 4.78 is 12.4. The molecule has 0 aliphatic carbocycles. The fourth-order valence-corrected chi connectivity index (χ4v) is 3.52. The van der Waals surface area contributed by atoms with E-state index in [-0.39, 0.29) is 18.1 Å². The highest BCUT2D eigenvalue weighted by Crippen LogP contribution is 2.35. The standard InChI is InChI=1S/C20H28NO3Si/c1-12-14(19(3,4)5)9-10-15-17(12)13(2)16(11-23-25)21(15)18(22)24-20(6,7)8/h9-10H,11H2,1-8H3. The summed E-state index contributed by atoms with van der Waals surface area (Å²) in [5.74, 6) is 0. The van der Waals surface area contributed by atoms with E-state index in [9.17, 15) is 4.79 Å². The van der Waals surface area contributed by atoms with Gasteiger partial charge >= 0.3 is 6.09 Å². The second-order valence-electron chi connectivity index (χ2n) is 8.56. The molecule has 0 amide bonds. The highest BCUT2D eigenvalue weighted by atomic mass is 28.2. The van der Waals surface area contributed by atoms with E-state index in [1.165, 1.54) is 11.1 Å². The Hall–Kier alpha value is -1.59. The number of hydrogen-bond acceptors (Lipinski definition) is 3. The topological polar surface area (TPSA) is 40.5 Å². The molecule has 0 atom stereocenters. The number of ether oxygens (including phenoxy) is 1. The van der Waals surface area contributed by atoms with Crippen LogP contribution in [0, 0.1) is 13.8 Å². The zero-order valence-electron chi connectivity index (χ0n) is 16.5. The van der Waals surface area contributed by atoms with Crippen molar-refractivity contribution in [3.05, 3.63) is 34.5 Å². The Bertz CT molecular complexity index is 807. The molecule has 0 aliphatic heterocycles. The number of benzene rings is 1. The van der Waals surface area contributed by atoms with Gasteiger partial charge in [-0.1, -0.05) is 26.8 Å². The van der Waals surface area contributed by atoms with Gasteiger partial charge in [-0.15, -0.1) is 0 Å². The minimum atomic E-state index is -0.561. The van der Waals surface area contributed by atoms with Gasteiger partial charge in [0.25, 0.3) is 0 Å². The number of aromatic nitrogens is 1. The third kappa shape index (κ3) is 3.82. The first-order chi connectivity index (χ1) is 11.4. The highest BCUT2D eigenvalue weighted by Gasteiger charge is 2.27. The van der Waals surface area contributed by atoms with Crippen LogP contribution in [-0.4, -0.2) is 26.7 Å². The van der Waals surface area contributed by atoms with Crippen LogP contribution in [0.5, 0.6) is 0 Å². The molecule has 25 heavy (non-hydrogen) atoms. The Morgan fingerprint density at radius 1 is 1.08 bits per heavy atom. The maximum Gasteiger partial charge on any atom is 0.419 e. The summed E-state index contributed by atoms with van der Waals surface area (Å²) in [5.41, 5.74) is 4.64. The minimum absolute atomic E-state index is 0.0322. The number of fused-ring (bicyclic) bond motifs is 1. The Morgan fingerprint density at radius 3 is 2.16 bits per heavy atom. The van der Waals surface area contributed by atoms with Gasteiger partial charge in [0.15, 0.2) is 0 Å². The summed E-state index contributed by atoms with van der Waals surface area (Å²) in [4.78, 5) is 12.8. The number of rotatable bonds is 2. The van der Waals surface area contributed by atoms with Crippen molar-refractivity contribution in [3.8, 4) is 0 Å². The molecule has 1 aromatic carbocycles. The van der Waals surface area contributed by atoms with Crippen LogP contribution in [0.4, 0.5) is 4.79 Å². The molecule has 0 bridgehead atoms. The fraction of sp³-hybridized carbons (Fsp3) is 0.550. The van der Waals surface area contributed by atoms with Crippen LogP contribution < -0.4 is 0 Å². The lowest BCUT2D eigenvalue weighted by Crippen LogP contribution is -2.28. The van der Waals surface area contributed by atoms with Crippen molar-refractivity contribution >= 4 is 27.5 Å². The van der Waals surface area contributed by atoms with Gasteiger partial charge in [0, 0.05) is 5.39 Å². The van der Waals surface area contributed by atoms with Gasteiger partial charge < -0.3 is 9.16 Å². The normalized spacial score (nSPS) is 12.7. The van der Waals surface area contributed by atoms with Crippen LogP contribution in [0.1, 0.15) is 63.9 Å². The van der Waals surface area contributed by atoms with E-state index in [1.54, 1.807) is 4.57 Å². The number of hydrogen-bond donors (Lipinski definition) is 0. The number of nitrogens with zero attached hydrogens (tertiary/aromatic N) is 1. The summed E-state index contributed by atoms with van der Waals surface area (Å²) in [6, 6.07) is 4.12. The summed E-state index contributed by atoms with van der Waals surface area (Å²) in [7, 11) is 3.07. The van der Waals surface area contributed by atoms with Crippen LogP contribution in [0.25, 0.3) is 10.9 Å². The summed E-state index contributed by atoms with van der Waals surface area (Å²) in [5, 5.41) is 1.09.